The Morgan fingerprint density at radius 1 is 1.33 bits per heavy atom. The molecule has 0 unspecified atom stereocenters. The van der Waals surface area contributed by atoms with Crippen LogP contribution >= 0.6 is 11.6 Å². The summed E-state index contributed by atoms with van der Waals surface area (Å²) in [7, 11) is 1.62. The summed E-state index contributed by atoms with van der Waals surface area (Å²) in [6.07, 6.45) is 0.757. The maximum absolute atomic E-state index is 5.83. The molecular formula is C13H18ClN3O. The third kappa shape index (κ3) is 2.58. The maximum Gasteiger partial charge on any atom is 0.215 e. The number of alkyl halides is 1. The molecule has 5 heteroatoms. The second kappa shape index (κ2) is 5.57. The van der Waals surface area contributed by atoms with Crippen molar-refractivity contribution in [2.24, 2.45) is 5.92 Å². The number of pyridine rings is 1. The predicted octanol–water partition coefficient (Wildman–Crippen LogP) is 2.88. The number of aryl methyl sites for hydroxylation is 1. The molecule has 4 nitrogen and oxygen atoms in total. The summed E-state index contributed by atoms with van der Waals surface area (Å²) in [5.41, 5.74) is 1.78. The van der Waals surface area contributed by atoms with E-state index >= 15 is 0 Å². The highest BCUT2D eigenvalue weighted by atomic mass is 35.5. The van der Waals surface area contributed by atoms with Gasteiger partial charge in [0.05, 0.1) is 7.11 Å². The van der Waals surface area contributed by atoms with E-state index in [1.807, 2.05) is 12.1 Å². The first-order chi connectivity index (χ1) is 8.65. The number of nitrogens with zero attached hydrogens (tertiary/aromatic N) is 3. The first-order valence-electron chi connectivity index (χ1n) is 6.11. The average molecular weight is 268 g/mol. The van der Waals surface area contributed by atoms with Crippen LogP contribution in [0.25, 0.3) is 11.2 Å². The first-order valence-corrected chi connectivity index (χ1v) is 6.65. The van der Waals surface area contributed by atoms with Crippen molar-refractivity contribution in [3.05, 3.63) is 18.0 Å². The van der Waals surface area contributed by atoms with E-state index in [-0.39, 0.29) is 0 Å². The SMILES string of the molecule is COc1ccc2nc(CCCl)n(CC(C)C)c2n1. The number of hydrogen-bond acceptors (Lipinski definition) is 3. The number of halogens is 1. The number of imidazole rings is 1. The van der Waals surface area contributed by atoms with Gasteiger partial charge >= 0.3 is 0 Å². The van der Waals surface area contributed by atoms with Gasteiger partial charge in [0.1, 0.15) is 11.3 Å². The Morgan fingerprint density at radius 3 is 2.72 bits per heavy atom. The van der Waals surface area contributed by atoms with Crippen molar-refractivity contribution < 1.29 is 4.74 Å². The third-order valence-corrected chi connectivity index (χ3v) is 2.91. The van der Waals surface area contributed by atoms with E-state index in [0.29, 0.717) is 17.7 Å². The molecule has 0 aliphatic carbocycles. The van der Waals surface area contributed by atoms with Crippen LogP contribution in [-0.2, 0) is 13.0 Å². The average Bonchev–Trinajstić information content (AvgIpc) is 2.67. The Hall–Kier alpha value is -1.29. The second-order valence-corrected chi connectivity index (χ2v) is 5.05. The Labute approximate surface area is 112 Å². The minimum atomic E-state index is 0.532. The van der Waals surface area contributed by atoms with E-state index in [1.165, 1.54) is 0 Å². The Bertz CT molecular complexity index is 536. The van der Waals surface area contributed by atoms with Crippen LogP contribution in [-0.4, -0.2) is 27.5 Å². The van der Waals surface area contributed by atoms with Crippen molar-refractivity contribution in [3.63, 3.8) is 0 Å². The van der Waals surface area contributed by atoms with Crippen LogP contribution in [0.5, 0.6) is 5.88 Å². The molecule has 0 atom stereocenters. The molecule has 0 bridgehead atoms. The lowest BCUT2D eigenvalue weighted by Crippen LogP contribution is -2.10. The standard InChI is InChI=1S/C13H18ClN3O/c1-9(2)8-17-11(6-7-14)15-10-4-5-12(18-3)16-13(10)17/h4-5,9H,6-8H2,1-3H3. The zero-order valence-electron chi connectivity index (χ0n) is 11.0. The first kappa shape index (κ1) is 13.1. The predicted molar refractivity (Wildman–Crippen MR) is 73.3 cm³/mol. The van der Waals surface area contributed by atoms with Gasteiger partial charge in [-0.2, -0.15) is 4.98 Å². The highest BCUT2D eigenvalue weighted by Crippen LogP contribution is 2.20. The summed E-state index contributed by atoms with van der Waals surface area (Å²) in [6, 6.07) is 3.77. The van der Waals surface area contributed by atoms with Gasteiger partial charge in [0.2, 0.25) is 5.88 Å². The van der Waals surface area contributed by atoms with Crippen molar-refractivity contribution in [1.29, 1.82) is 0 Å². The summed E-state index contributed by atoms with van der Waals surface area (Å²) in [4.78, 5) is 9.08. The number of methoxy groups -OCH3 is 1. The normalized spacial score (nSPS) is 11.4. The van der Waals surface area contributed by atoms with Gasteiger partial charge in [-0.05, 0) is 12.0 Å². The number of rotatable bonds is 5. The monoisotopic (exact) mass is 267 g/mol. The summed E-state index contributed by atoms with van der Waals surface area (Å²) < 4.78 is 7.32. The molecule has 2 rings (SSSR count). The van der Waals surface area contributed by atoms with E-state index in [1.54, 1.807) is 7.11 Å². The quantitative estimate of drug-likeness (QED) is 0.782. The molecule has 0 amide bonds. The molecule has 0 aromatic carbocycles. The molecular weight excluding hydrogens is 250 g/mol. The molecule has 0 aliphatic heterocycles. The second-order valence-electron chi connectivity index (χ2n) is 4.67. The minimum Gasteiger partial charge on any atom is -0.481 e. The van der Waals surface area contributed by atoms with Crippen LogP contribution in [0.2, 0.25) is 0 Å². The van der Waals surface area contributed by atoms with Crippen molar-refractivity contribution in [1.82, 2.24) is 14.5 Å². The van der Waals surface area contributed by atoms with Gasteiger partial charge in [0, 0.05) is 24.9 Å². The molecule has 0 fully saturated rings. The van der Waals surface area contributed by atoms with Crippen molar-refractivity contribution in [2.75, 3.05) is 13.0 Å². The number of hydrogen-bond donors (Lipinski definition) is 0. The van der Waals surface area contributed by atoms with Gasteiger partial charge in [-0.25, -0.2) is 4.98 Å². The highest BCUT2D eigenvalue weighted by molar-refractivity contribution is 6.17. The molecule has 2 aromatic heterocycles. The number of ether oxygens (including phenoxy) is 1. The number of aromatic nitrogens is 3. The molecule has 0 radical (unpaired) electrons. The fraction of sp³-hybridized carbons (Fsp3) is 0.538. The molecule has 0 N–H and O–H groups in total. The summed E-state index contributed by atoms with van der Waals surface area (Å²) >= 11 is 5.83. The molecule has 0 aliphatic rings. The third-order valence-electron chi connectivity index (χ3n) is 2.72. The zero-order chi connectivity index (χ0) is 13.1. The summed E-state index contributed by atoms with van der Waals surface area (Å²) in [6.45, 7) is 5.25. The van der Waals surface area contributed by atoms with Crippen LogP contribution in [0.1, 0.15) is 19.7 Å². The number of fused-ring (bicyclic) bond motifs is 1. The van der Waals surface area contributed by atoms with Gasteiger partial charge in [-0.15, -0.1) is 11.6 Å². The fourth-order valence-corrected chi connectivity index (χ4v) is 2.15. The van der Waals surface area contributed by atoms with Gasteiger partial charge in [-0.1, -0.05) is 13.8 Å². The van der Waals surface area contributed by atoms with E-state index in [4.69, 9.17) is 16.3 Å². The van der Waals surface area contributed by atoms with E-state index in [9.17, 15) is 0 Å². The van der Waals surface area contributed by atoms with Gasteiger partial charge in [0.25, 0.3) is 0 Å². The van der Waals surface area contributed by atoms with Crippen molar-refractivity contribution in [2.45, 2.75) is 26.8 Å². The van der Waals surface area contributed by atoms with Crippen LogP contribution in [0.4, 0.5) is 0 Å². The van der Waals surface area contributed by atoms with Gasteiger partial charge in [0.15, 0.2) is 5.65 Å². The van der Waals surface area contributed by atoms with E-state index in [2.05, 4.69) is 28.4 Å². The van der Waals surface area contributed by atoms with Gasteiger partial charge < -0.3 is 9.30 Å². The Kier molecular flexibility index (Phi) is 4.07. The molecule has 0 saturated carbocycles. The lowest BCUT2D eigenvalue weighted by atomic mass is 10.2. The lowest BCUT2D eigenvalue weighted by Gasteiger charge is -2.10. The Balaban J connectivity index is 2.54. The van der Waals surface area contributed by atoms with Crippen LogP contribution in [0.15, 0.2) is 12.1 Å². The molecule has 18 heavy (non-hydrogen) atoms. The van der Waals surface area contributed by atoms with Crippen molar-refractivity contribution >= 4 is 22.8 Å². The van der Waals surface area contributed by atoms with Crippen LogP contribution < -0.4 is 4.74 Å². The summed E-state index contributed by atoms with van der Waals surface area (Å²) in [5, 5.41) is 0. The van der Waals surface area contributed by atoms with Gasteiger partial charge in [-0.3, -0.25) is 0 Å². The molecule has 98 valence electrons. The van der Waals surface area contributed by atoms with Crippen LogP contribution in [0.3, 0.4) is 0 Å². The molecule has 2 aromatic rings. The minimum absolute atomic E-state index is 0.532. The van der Waals surface area contributed by atoms with E-state index in [0.717, 1.165) is 30.0 Å². The Morgan fingerprint density at radius 2 is 2.11 bits per heavy atom. The fourth-order valence-electron chi connectivity index (χ4n) is 1.98. The largest absolute Gasteiger partial charge is 0.481 e. The smallest absolute Gasteiger partial charge is 0.215 e. The maximum atomic E-state index is 5.83. The van der Waals surface area contributed by atoms with Crippen molar-refractivity contribution in [3.8, 4) is 5.88 Å². The van der Waals surface area contributed by atoms with E-state index < -0.39 is 0 Å². The molecule has 0 spiro atoms. The molecule has 0 saturated heterocycles. The lowest BCUT2D eigenvalue weighted by molar-refractivity contribution is 0.398. The summed E-state index contributed by atoms with van der Waals surface area (Å²) in [5.74, 6) is 2.71. The molecule has 2 heterocycles. The van der Waals surface area contributed by atoms with Crippen LogP contribution in [0, 0.1) is 5.92 Å². The highest BCUT2D eigenvalue weighted by Gasteiger charge is 2.13. The topological polar surface area (TPSA) is 39.9 Å². The zero-order valence-corrected chi connectivity index (χ0v) is 11.7.